The SMILES string of the molecule is CCCCc1cn(Cc2ccc(-c3ccccc3)cc2)c2c(c1=O)CC(CO)CC2. The van der Waals surface area contributed by atoms with E-state index < -0.39 is 0 Å². The van der Waals surface area contributed by atoms with Crippen molar-refractivity contribution in [1.82, 2.24) is 4.57 Å². The molecule has 1 N–H and O–H groups in total. The second kappa shape index (κ2) is 9.44. The predicted octanol–water partition coefficient (Wildman–Crippen LogP) is 5.00. The van der Waals surface area contributed by atoms with Crippen LogP contribution in [-0.4, -0.2) is 16.3 Å². The van der Waals surface area contributed by atoms with Gasteiger partial charge in [-0.3, -0.25) is 4.79 Å². The number of aryl methyl sites for hydroxylation is 1. The Bertz CT molecular complexity index is 1030. The highest BCUT2D eigenvalue weighted by Crippen LogP contribution is 2.25. The molecule has 0 radical (unpaired) electrons. The van der Waals surface area contributed by atoms with Gasteiger partial charge in [0.25, 0.3) is 0 Å². The minimum atomic E-state index is 0.166. The van der Waals surface area contributed by atoms with Crippen molar-refractivity contribution in [3.63, 3.8) is 0 Å². The minimum absolute atomic E-state index is 0.166. The Labute approximate surface area is 179 Å². The van der Waals surface area contributed by atoms with E-state index in [9.17, 15) is 9.90 Å². The molecule has 4 rings (SSSR count). The van der Waals surface area contributed by atoms with Crippen molar-refractivity contribution in [1.29, 1.82) is 0 Å². The Morgan fingerprint density at radius 1 is 1.03 bits per heavy atom. The van der Waals surface area contributed by atoms with Crippen LogP contribution in [0.25, 0.3) is 11.1 Å². The lowest BCUT2D eigenvalue weighted by atomic mass is 9.85. The molecule has 1 aliphatic rings. The molecule has 0 saturated carbocycles. The van der Waals surface area contributed by atoms with E-state index in [1.54, 1.807) is 0 Å². The van der Waals surface area contributed by atoms with Crippen LogP contribution >= 0.6 is 0 Å². The second-order valence-electron chi connectivity index (χ2n) is 8.49. The van der Waals surface area contributed by atoms with Crippen molar-refractivity contribution in [2.24, 2.45) is 5.92 Å². The summed E-state index contributed by atoms with van der Waals surface area (Å²) in [6.07, 6.45) is 7.56. The number of aliphatic hydroxyl groups excluding tert-OH is 1. The van der Waals surface area contributed by atoms with Gasteiger partial charge in [0.05, 0.1) is 0 Å². The van der Waals surface area contributed by atoms with Gasteiger partial charge in [0, 0.05) is 36.2 Å². The molecule has 0 aliphatic heterocycles. The highest BCUT2D eigenvalue weighted by Gasteiger charge is 2.24. The zero-order valence-electron chi connectivity index (χ0n) is 17.8. The number of benzene rings is 2. The van der Waals surface area contributed by atoms with E-state index in [4.69, 9.17) is 0 Å². The van der Waals surface area contributed by atoms with E-state index >= 15 is 0 Å². The highest BCUT2D eigenvalue weighted by atomic mass is 16.3. The van der Waals surface area contributed by atoms with E-state index in [1.807, 2.05) is 6.07 Å². The number of aromatic nitrogens is 1. The average Bonchev–Trinajstić information content (AvgIpc) is 2.80. The Kier molecular flexibility index (Phi) is 6.49. The molecule has 0 fully saturated rings. The van der Waals surface area contributed by atoms with Crippen molar-refractivity contribution in [3.05, 3.63) is 93.4 Å². The summed E-state index contributed by atoms with van der Waals surface area (Å²) < 4.78 is 2.30. The van der Waals surface area contributed by atoms with E-state index in [-0.39, 0.29) is 18.0 Å². The van der Waals surface area contributed by atoms with Crippen molar-refractivity contribution < 1.29 is 5.11 Å². The van der Waals surface area contributed by atoms with E-state index in [0.29, 0.717) is 6.42 Å². The summed E-state index contributed by atoms with van der Waals surface area (Å²) in [4.78, 5) is 13.1. The molecular formula is C27H31NO2. The maximum atomic E-state index is 13.1. The van der Waals surface area contributed by atoms with Crippen LogP contribution in [0.5, 0.6) is 0 Å². The van der Waals surface area contributed by atoms with Gasteiger partial charge in [-0.25, -0.2) is 0 Å². The number of nitrogens with zero attached hydrogens (tertiary/aromatic N) is 1. The van der Waals surface area contributed by atoms with Gasteiger partial charge in [-0.05, 0) is 54.7 Å². The fraction of sp³-hybridized carbons (Fsp3) is 0.370. The van der Waals surface area contributed by atoms with Crippen molar-refractivity contribution in [2.75, 3.05) is 6.61 Å². The maximum Gasteiger partial charge on any atom is 0.188 e. The summed E-state index contributed by atoms with van der Waals surface area (Å²) in [7, 11) is 0. The average molecular weight is 402 g/mol. The van der Waals surface area contributed by atoms with Gasteiger partial charge in [0.2, 0.25) is 0 Å². The van der Waals surface area contributed by atoms with Crippen molar-refractivity contribution >= 4 is 0 Å². The monoisotopic (exact) mass is 401 g/mol. The van der Waals surface area contributed by atoms with Gasteiger partial charge in [0.1, 0.15) is 0 Å². The van der Waals surface area contributed by atoms with Crippen LogP contribution < -0.4 is 5.43 Å². The molecule has 3 heteroatoms. The molecule has 30 heavy (non-hydrogen) atoms. The molecule has 0 bridgehead atoms. The molecule has 2 aromatic carbocycles. The summed E-state index contributed by atoms with van der Waals surface area (Å²) in [5.74, 6) is 0.213. The Morgan fingerprint density at radius 3 is 2.47 bits per heavy atom. The molecule has 3 nitrogen and oxygen atoms in total. The number of unbranched alkanes of at least 4 members (excludes halogenated alkanes) is 1. The first kappa shape index (κ1) is 20.6. The van der Waals surface area contributed by atoms with Crippen LogP contribution in [-0.2, 0) is 25.8 Å². The lowest BCUT2D eigenvalue weighted by molar-refractivity contribution is 0.211. The number of aliphatic hydroxyl groups is 1. The number of hydrogen-bond acceptors (Lipinski definition) is 2. The van der Waals surface area contributed by atoms with Crippen LogP contribution in [0.15, 0.2) is 65.6 Å². The van der Waals surface area contributed by atoms with Gasteiger partial charge >= 0.3 is 0 Å². The number of fused-ring (bicyclic) bond motifs is 1. The molecule has 3 aromatic rings. The molecule has 156 valence electrons. The Balaban J connectivity index is 1.65. The summed E-state index contributed by atoms with van der Waals surface area (Å²) in [5, 5.41) is 9.63. The van der Waals surface area contributed by atoms with Crippen LogP contribution in [0, 0.1) is 5.92 Å². The molecule has 1 atom stereocenters. The van der Waals surface area contributed by atoms with Gasteiger partial charge in [-0.1, -0.05) is 67.9 Å². The molecule has 1 aromatic heterocycles. The summed E-state index contributed by atoms with van der Waals surface area (Å²) in [6, 6.07) is 19.2. The first-order chi connectivity index (χ1) is 14.7. The third kappa shape index (κ3) is 4.41. The zero-order valence-corrected chi connectivity index (χ0v) is 17.8. The fourth-order valence-electron chi connectivity index (χ4n) is 4.53. The first-order valence-electron chi connectivity index (χ1n) is 11.2. The summed E-state index contributed by atoms with van der Waals surface area (Å²) >= 11 is 0. The Morgan fingerprint density at radius 2 is 1.77 bits per heavy atom. The number of rotatable bonds is 7. The fourth-order valence-corrected chi connectivity index (χ4v) is 4.53. The Hall–Kier alpha value is -2.65. The topological polar surface area (TPSA) is 42.2 Å². The van der Waals surface area contributed by atoms with E-state index in [1.165, 1.54) is 16.7 Å². The van der Waals surface area contributed by atoms with Crippen LogP contribution in [0.1, 0.15) is 48.6 Å². The lowest BCUT2D eigenvalue weighted by Gasteiger charge is -2.27. The zero-order chi connectivity index (χ0) is 20.9. The number of pyridine rings is 1. The quantitative estimate of drug-likeness (QED) is 0.605. The lowest BCUT2D eigenvalue weighted by Crippen LogP contribution is -2.30. The van der Waals surface area contributed by atoms with Gasteiger partial charge in [-0.2, -0.15) is 0 Å². The molecule has 0 amide bonds. The van der Waals surface area contributed by atoms with E-state index in [0.717, 1.165) is 55.5 Å². The molecule has 1 aliphatic carbocycles. The maximum absolute atomic E-state index is 13.1. The summed E-state index contributed by atoms with van der Waals surface area (Å²) in [5.41, 5.74) is 6.93. The van der Waals surface area contributed by atoms with Crippen molar-refractivity contribution in [2.45, 2.75) is 52.0 Å². The minimum Gasteiger partial charge on any atom is -0.396 e. The molecular weight excluding hydrogens is 370 g/mol. The molecule has 1 heterocycles. The molecule has 0 spiro atoms. The van der Waals surface area contributed by atoms with E-state index in [2.05, 4.69) is 66.2 Å². The largest absolute Gasteiger partial charge is 0.396 e. The van der Waals surface area contributed by atoms with Crippen LogP contribution in [0.4, 0.5) is 0 Å². The van der Waals surface area contributed by atoms with Gasteiger partial charge in [-0.15, -0.1) is 0 Å². The van der Waals surface area contributed by atoms with Crippen LogP contribution in [0.3, 0.4) is 0 Å². The standard InChI is InChI=1S/C27H31NO2/c1-2-3-7-24-18-28(26-15-12-21(19-29)16-25(26)27(24)30)17-20-10-13-23(14-11-20)22-8-5-4-6-9-22/h4-6,8-11,13-14,18,21,29H,2-3,7,12,15-17,19H2,1H3. The van der Waals surface area contributed by atoms with Gasteiger partial charge in [0.15, 0.2) is 5.43 Å². The number of hydrogen-bond donors (Lipinski definition) is 1. The molecule has 1 unspecified atom stereocenters. The summed E-state index contributed by atoms with van der Waals surface area (Å²) in [6.45, 7) is 3.10. The smallest absolute Gasteiger partial charge is 0.188 e. The van der Waals surface area contributed by atoms with Gasteiger partial charge < -0.3 is 9.67 Å². The normalized spacial score (nSPS) is 15.7. The molecule has 0 saturated heterocycles. The van der Waals surface area contributed by atoms with Crippen LogP contribution in [0.2, 0.25) is 0 Å². The predicted molar refractivity (Wildman–Crippen MR) is 123 cm³/mol. The second-order valence-corrected chi connectivity index (χ2v) is 8.49. The third-order valence-electron chi connectivity index (χ3n) is 6.33. The third-order valence-corrected chi connectivity index (χ3v) is 6.33. The van der Waals surface area contributed by atoms with Crippen molar-refractivity contribution in [3.8, 4) is 11.1 Å². The first-order valence-corrected chi connectivity index (χ1v) is 11.2. The highest BCUT2D eigenvalue weighted by molar-refractivity contribution is 5.63.